The van der Waals surface area contributed by atoms with Crippen LogP contribution in [-0.4, -0.2) is 34.7 Å². The van der Waals surface area contributed by atoms with Crippen LogP contribution < -0.4 is 10.1 Å². The van der Waals surface area contributed by atoms with Crippen LogP contribution in [0, 0.1) is 6.92 Å². The van der Waals surface area contributed by atoms with Crippen molar-refractivity contribution in [3.8, 4) is 5.75 Å². The zero-order valence-corrected chi connectivity index (χ0v) is 13.0. The number of aromatic nitrogens is 2. The van der Waals surface area contributed by atoms with E-state index in [1.165, 1.54) is 0 Å². The quantitative estimate of drug-likeness (QED) is 0.819. The van der Waals surface area contributed by atoms with Crippen LogP contribution in [0.5, 0.6) is 5.75 Å². The summed E-state index contributed by atoms with van der Waals surface area (Å²) in [5.74, 6) is -0.497. The number of amides is 1. The van der Waals surface area contributed by atoms with E-state index in [0.717, 1.165) is 11.5 Å². The molecule has 0 atom stereocenters. The fourth-order valence-electron chi connectivity index (χ4n) is 1.65. The summed E-state index contributed by atoms with van der Waals surface area (Å²) < 4.78 is 14.0. The number of carbonyl (C=O) groups excluding carboxylic acids is 2. The molecule has 116 valence electrons. The molecule has 2 rings (SSSR count). The van der Waals surface area contributed by atoms with E-state index in [2.05, 4.69) is 14.9 Å². The third-order valence-corrected chi connectivity index (χ3v) is 3.44. The number of rotatable bonds is 6. The highest BCUT2D eigenvalue weighted by Gasteiger charge is 2.16. The van der Waals surface area contributed by atoms with Gasteiger partial charge in [0.05, 0.1) is 18.0 Å². The number of benzene rings is 1. The highest BCUT2D eigenvalue weighted by Crippen LogP contribution is 2.23. The number of carbonyl (C=O) groups is 2. The molecule has 1 aromatic heterocycles. The number of aryl methyl sites for hydroxylation is 1. The van der Waals surface area contributed by atoms with Gasteiger partial charge in [-0.1, -0.05) is 16.6 Å². The van der Waals surface area contributed by atoms with Crippen molar-refractivity contribution in [1.29, 1.82) is 0 Å². The van der Waals surface area contributed by atoms with Crippen LogP contribution in [0.4, 0.5) is 5.69 Å². The molecule has 0 bridgehead atoms. The number of ether oxygens (including phenoxy) is 2. The van der Waals surface area contributed by atoms with Crippen LogP contribution in [0.3, 0.4) is 0 Å². The summed E-state index contributed by atoms with van der Waals surface area (Å²) in [6.07, 6.45) is 0. The predicted octanol–water partition coefficient (Wildman–Crippen LogP) is 2.04. The Labute approximate surface area is 131 Å². The fraction of sp³-hybridized carbons (Fsp3) is 0.286. The van der Waals surface area contributed by atoms with Crippen LogP contribution in [0.25, 0.3) is 0 Å². The third-order valence-electron chi connectivity index (χ3n) is 2.63. The second kappa shape index (κ2) is 7.51. The number of nitrogens with one attached hydrogen (secondary N) is 1. The Bertz CT molecular complexity index is 672. The molecule has 1 amide bonds. The first-order chi connectivity index (χ1) is 10.6. The Morgan fingerprint density at radius 2 is 2.09 bits per heavy atom. The maximum atomic E-state index is 11.9. The van der Waals surface area contributed by atoms with Gasteiger partial charge >= 0.3 is 5.97 Å². The first-order valence-electron chi connectivity index (χ1n) is 6.59. The maximum absolute atomic E-state index is 11.9. The van der Waals surface area contributed by atoms with Gasteiger partial charge in [0, 0.05) is 0 Å². The molecule has 0 aliphatic heterocycles. The Morgan fingerprint density at radius 3 is 2.77 bits per heavy atom. The maximum Gasteiger partial charge on any atom is 0.352 e. The average molecular weight is 321 g/mol. The van der Waals surface area contributed by atoms with Gasteiger partial charge in [0.25, 0.3) is 5.91 Å². The Hall–Kier alpha value is -2.48. The number of para-hydroxylation sites is 2. The van der Waals surface area contributed by atoms with Gasteiger partial charge in [-0.25, -0.2) is 4.79 Å². The van der Waals surface area contributed by atoms with Crippen LogP contribution in [0.2, 0.25) is 0 Å². The Morgan fingerprint density at radius 1 is 1.32 bits per heavy atom. The van der Waals surface area contributed by atoms with Crippen LogP contribution in [0.1, 0.15) is 22.3 Å². The molecule has 0 spiro atoms. The van der Waals surface area contributed by atoms with Gasteiger partial charge in [0.1, 0.15) is 5.75 Å². The molecule has 1 aromatic carbocycles. The summed E-state index contributed by atoms with van der Waals surface area (Å²) in [5.41, 5.74) is 1.01. The summed E-state index contributed by atoms with van der Waals surface area (Å²) >= 11 is 0.935. The van der Waals surface area contributed by atoms with Gasteiger partial charge in [-0.3, -0.25) is 4.79 Å². The first kappa shape index (κ1) is 15.9. The molecule has 1 heterocycles. The lowest BCUT2D eigenvalue weighted by Crippen LogP contribution is -2.21. The van der Waals surface area contributed by atoms with E-state index in [1.807, 2.05) is 6.92 Å². The van der Waals surface area contributed by atoms with Crippen molar-refractivity contribution >= 4 is 29.1 Å². The van der Waals surface area contributed by atoms with Crippen LogP contribution in [0.15, 0.2) is 24.3 Å². The predicted molar refractivity (Wildman–Crippen MR) is 81.2 cm³/mol. The minimum absolute atomic E-state index is 0.294. The molecule has 0 unspecified atom stereocenters. The van der Waals surface area contributed by atoms with Crippen LogP contribution >= 0.6 is 11.5 Å². The van der Waals surface area contributed by atoms with Gasteiger partial charge in [-0.05, 0) is 37.5 Å². The summed E-state index contributed by atoms with van der Waals surface area (Å²) in [5, 5.41) is 6.36. The monoisotopic (exact) mass is 321 g/mol. The van der Waals surface area contributed by atoms with E-state index >= 15 is 0 Å². The number of nitrogens with zero attached hydrogens (tertiary/aromatic N) is 2. The number of hydrogen-bond donors (Lipinski definition) is 1. The summed E-state index contributed by atoms with van der Waals surface area (Å²) in [6, 6.07) is 7.04. The van der Waals surface area contributed by atoms with Gasteiger partial charge in [-0.2, -0.15) is 0 Å². The lowest BCUT2D eigenvalue weighted by atomic mass is 10.3. The molecular weight excluding hydrogens is 306 g/mol. The molecule has 0 saturated carbocycles. The van der Waals surface area contributed by atoms with Crippen molar-refractivity contribution in [3.05, 3.63) is 34.8 Å². The number of esters is 1. The molecule has 0 saturated heterocycles. The molecule has 8 heteroatoms. The number of hydrogen-bond acceptors (Lipinski definition) is 7. The largest absolute Gasteiger partial charge is 0.492 e. The zero-order chi connectivity index (χ0) is 15.9. The molecule has 0 aliphatic rings. The second-order valence-corrected chi connectivity index (χ2v) is 5.00. The molecule has 1 N–H and O–H groups in total. The van der Waals surface area contributed by atoms with Crippen molar-refractivity contribution in [2.45, 2.75) is 13.8 Å². The van der Waals surface area contributed by atoms with E-state index in [0.29, 0.717) is 28.6 Å². The van der Waals surface area contributed by atoms with Gasteiger partial charge in [-0.15, -0.1) is 5.10 Å². The topological polar surface area (TPSA) is 90.4 Å². The van der Waals surface area contributed by atoms with Crippen molar-refractivity contribution in [2.24, 2.45) is 0 Å². The lowest BCUT2D eigenvalue weighted by Gasteiger charge is -2.11. The average Bonchev–Trinajstić information content (AvgIpc) is 2.93. The van der Waals surface area contributed by atoms with E-state index in [4.69, 9.17) is 9.47 Å². The number of anilines is 1. The van der Waals surface area contributed by atoms with Crippen molar-refractivity contribution < 1.29 is 19.1 Å². The molecule has 7 nitrogen and oxygen atoms in total. The summed E-state index contributed by atoms with van der Waals surface area (Å²) in [4.78, 5) is 23.9. The minimum atomic E-state index is -0.610. The molecule has 0 fully saturated rings. The summed E-state index contributed by atoms with van der Waals surface area (Å²) in [7, 11) is 0. The SMILES string of the molecule is CCOc1ccccc1NC(=O)COC(=O)c1snnc1C. The summed E-state index contributed by atoms with van der Waals surface area (Å²) in [6.45, 7) is 3.60. The Balaban J connectivity index is 1.91. The Kier molecular flexibility index (Phi) is 5.42. The molecular formula is C14H15N3O4S. The van der Waals surface area contributed by atoms with Crippen molar-refractivity contribution in [3.63, 3.8) is 0 Å². The highest BCUT2D eigenvalue weighted by molar-refractivity contribution is 7.07. The van der Waals surface area contributed by atoms with Gasteiger partial charge in [0.15, 0.2) is 11.5 Å². The standard InChI is InChI=1S/C14H15N3O4S/c1-3-20-11-7-5-4-6-10(11)15-12(18)8-21-14(19)13-9(2)16-17-22-13/h4-7H,3,8H2,1-2H3,(H,15,18). The van der Waals surface area contributed by atoms with E-state index < -0.39 is 18.5 Å². The van der Waals surface area contributed by atoms with Crippen LogP contribution in [-0.2, 0) is 9.53 Å². The molecule has 0 aliphatic carbocycles. The van der Waals surface area contributed by atoms with E-state index in [-0.39, 0.29) is 0 Å². The molecule has 22 heavy (non-hydrogen) atoms. The fourth-order valence-corrected chi connectivity index (χ4v) is 2.20. The smallest absolute Gasteiger partial charge is 0.352 e. The second-order valence-electron chi connectivity index (χ2n) is 4.24. The highest BCUT2D eigenvalue weighted by atomic mass is 32.1. The third kappa shape index (κ3) is 4.01. The molecule has 2 aromatic rings. The van der Waals surface area contributed by atoms with Crippen molar-refractivity contribution in [2.75, 3.05) is 18.5 Å². The minimum Gasteiger partial charge on any atom is -0.492 e. The molecule has 0 radical (unpaired) electrons. The van der Waals surface area contributed by atoms with Gasteiger partial charge in [0.2, 0.25) is 0 Å². The van der Waals surface area contributed by atoms with Gasteiger partial charge < -0.3 is 14.8 Å². The van der Waals surface area contributed by atoms with Crippen molar-refractivity contribution in [1.82, 2.24) is 9.59 Å². The van der Waals surface area contributed by atoms with E-state index in [1.54, 1.807) is 31.2 Å². The normalized spacial score (nSPS) is 10.1. The first-order valence-corrected chi connectivity index (χ1v) is 7.37. The van der Waals surface area contributed by atoms with E-state index in [9.17, 15) is 9.59 Å². The zero-order valence-electron chi connectivity index (χ0n) is 12.2. The lowest BCUT2D eigenvalue weighted by molar-refractivity contribution is -0.119.